The molecule has 5 nitrogen and oxygen atoms in total. The van der Waals surface area contributed by atoms with Gasteiger partial charge in [0.1, 0.15) is 5.41 Å². The molecule has 1 saturated carbocycles. The summed E-state index contributed by atoms with van der Waals surface area (Å²) in [5, 5.41) is 2.33. The van der Waals surface area contributed by atoms with Crippen LogP contribution in [0.5, 0.6) is 0 Å². The van der Waals surface area contributed by atoms with Gasteiger partial charge in [0.25, 0.3) is 0 Å². The number of nitrogens with zero attached hydrogens (tertiary/aromatic N) is 1. The summed E-state index contributed by atoms with van der Waals surface area (Å²) in [7, 11) is 0. The molecule has 1 aliphatic heterocycles. The van der Waals surface area contributed by atoms with Gasteiger partial charge in [-0.1, -0.05) is 13.8 Å². The fourth-order valence-electron chi connectivity index (χ4n) is 2.55. The molecule has 1 aliphatic carbocycles. The van der Waals surface area contributed by atoms with Crippen molar-refractivity contribution in [2.24, 2.45) is 5.41 Å². The molecule has 17 heavy (non-hydrogen) atoms. The zero-order valence-electron chi connectivity index (χ0n) is 10.3. The number of amides is 4. The Hall–Kier alpha value is -1.39. The van der Waals surface area contributed by atoms with Crippen LogP contribution < -0.4 is 5.32 Å². The molecule has 2 aliphatic rings. The molecule has 0 aromatic heterocycles. The largest absolute Gasteiger partial charge is 0.331 e. The van der Waals surface area contributed by atoms with Gasteiger partial charge in [-0.15, -0.1) is 0 Å². The third-order valence-electron chi connectivity index (χ3n) is 4.15. The van der Waals surface area contributed by atoms with Crippen LogP contribution in [-0.4, -0.2) is 28.8 Å². The molecule has 0 radical (unpaired) electrons. The monoisotopic (exact) mass is 238 g/mol. The molecule has 0 aromatic carbocycles. The Labute approximate surface area is 101 Å². The van der Waals surface area contributed by atoms with Gasteiger partial charge in [0.15, 0.2) is 0 Å². The number of urea groups is 1. The van der Waals surface area contributed by atoms with E-state index in [4.69, 9.17) is 0 Å². The van der Waals surface area contributed by atoms with Crippen molar-refractivity contribution in [3.05, 3.63) is 0 Å². The molecular weight excluding hydrogens is 220 g/mol. The van der Waals surface area contributed by atoms with Gasteiger partial charge in [-0.05, 0) is 32.1 Å². The van der Waals surface area contributed by atoms with E-state index in [0.717, 1.165) is 19.3 Å². The van der Waals surface area contributed by atoms with Crippen molar-refractivity contribution >= 4 is 17.8 Å². The van der Waals surface area contributed by atoms with Crippen molar-refractivity contribution in [1.82, 2.24) is 10.2 Å². The van der Waals surface area contributed by atoms with Crippen molar-refractivity contribution in [3.8, 4) is 0 Å². The molecule has 0 spiro atoms. The zero-order chi connectivity index (χ0) is 12.6. The molecule has 0 aromatic rings. The third kappa shape index (κ3) is 1.56. The summed E-state index contributed by atoms with van der Waals surface area (Å²) in [4.78, 5) is 37.3. The lowest BCUT2D eigenvalue weighted by molar-refractivity contribution is -0.154. The van der Waals surface area contributed by atoms with Crippen LogP contribution >= 0.6 is 0 Å². The minimum atomic E-state index is -1.04. The summed E-state index contributed by atoms with van der Waals surface area (Å²) in [6, 6.07) is -0.546. The highest BCUT2D eigenvalue weighted by molar-refractivity contribution is 6.19. The van der Waals surface area contributed by atoms with Gasteiger partial charge in [0, 0.05) is 6.04 Å². The predicted octanol–water partition coefficient (Wildman–Crippen LogP) is 1.42. The third-order valence-corrected chi connectivity index (χ3v) is 4.15. The summed E-state index contributed by atoms with van der Waals surface area (Å²) in [5.74, 6) is -0.742. The van der Waals surface area contributed by atoms with Crippen LogP contribution in [0.2, 0.25) is 0 Å². The van der Waals surface area contributed by atoms with E-state index in [-0.39, 0.29) is 11.9 Å². The van der Waals surface area contributed by atoms with Crippen LogP contribution in [0.15, 0.2) is 0 Å². The first kappa shape index (κ1) is 12.1. The minimum Gasteiger partial charge on any atom is -0.277 e. The second-order valence-corrected chi connectivity index (χ2v) is 4.81. The van der Waals surface area contributed by atoms with Crippen LogP contribution in [0.4, 0.5) is 4.79 Å². The van der Waals surface area contributed by atoms with E-state index in [2.05, 4.69) is 5.32 Å². The number of hydrogen-bond acceptors (Lipinski definition) is 3. The smallest absolute Gasteiger partial charge is 0.277 e. The highest BCUT2D eigenvalue weighted by Crippen LogP contribution is 2.36. The highest BCUT2D eigenvalue weighted by atomic mass is 16.2. The standard InChI is InChI=1S/C12H18N2O3/c1-3-12(4-2)9(15)13-11(17)14(10(12)16)8-6-5-7-8/h8H,3-7H2,1-2H3,(H,13,15,17). The molecule has 0 unspecified atom stereocenters. The summed E-state index contributed by atoms with van der Waals surface area (Å²) in [5.41, 5.74) is -1.04. The second-order valence-electron chi connectivity index (χ2n) is 4.81. The number of nitrogens with one attached hydrogen (secondary N) is 1. The molecule has 94 valence electrons. The normalized spacial score (nSPS) is 24.6. The second kappa shape index (κ2) is 4.13. The average Bonchev–Trinajstić information content (AvgIpc) is 2.23. The predicted molar refractivity (Wildman–Crippen MR) is 61.0 cm³/mol. The number of rotatable bonds is 3. The highest BCUT2D eigenvalue weighted by Gasteiger charge is 2.53. The van der Waals surface area contributed by atoms with Gasteiger partial charge in [-0.3, -0.25) is 19.8 Å². The molecule has 1 N–H and O–H groups in total. The Morgan fingerprint density at radius 3 is 2.24 bits per heavy atom. The van der Waals surface area contributed by atoms with E-state index in [1.54, 1.807) is 0 Å². The lowest BCUT2D eigenvalue weighted by Crippen LogP contribution is -2.66. The fourth-order valence-corrected chi connectivity index (χ4v) is 2.55. The van der Waals surface area contributed by atoms with E-state index in [0.29, 0.717) is 12.8 Å². The maximum atomic E-state index is 12.4. The van der Waals surface area contributed by atoms with Crippen LogP contribution in [-0.2, 0) is 9.59 Å². The number of barbiturate groups is 1. The lowest BCUT2D eigenvalue weighted by Gasteiger charge is -2.44. The Morgan fingerprint density at radius 1 is 1.24 bits per heavy atom. The van der Waals surface area contributed by atoms with Crippen LogP contribution in [0.1, 0.15) is 46.0 Å². The molecule has 2 fully saturated rings. The molecule has 5 heteroatoms. The van der Waals surface area contributed by atoms with Gasteiger partial charge >= 0.3 is 6.03 Å². The molecule has 0 bridgehead atoms. The Balaban J connectivity index is 2.32. The summed E-state index contributed by atoms with van der Waals surface area (Å²) in [6.07, 6.45) is 3.63. The molecular formula is C12H18N2O3. The van der Waals surface area contributed by atoms with E-state index in [1.165, 1.54) is 4.90 Å². The SMILES string of the molecule is CCC1(CC)C(=O)NC(=O)N(C2CCC2)C1=O. The minimum absolute atomic E-state index is 0.00641. The van der Waals surface area contributed by atoms with Crippen molar-refractivity contribution in [3.63, 3.8) is 0 Å². The quantitative estimate of drug-likeness (QED) is 0.756. The molecule has 1 saturated heterocycles. The number of hydrogen-bond donors (Lipinski definition) is 1. The van der Waals surface area contributed by atoms with Gasteiger partial charge in [0.2, 0.25) is 11.8 Å². The van der Waals surface area contributed by atoms with E-state index in [9.17, 15) is 14.4 Å². The molecule has 2 rings (SSSR count). The van der Waals surface area contributed by atoms with E-state index >= 15 is 0 Å². The van der Waals surface area contributed by atoms with Crippen molar-refractivity contribution in [2.45, 2.75) is 52.0 Å². The van der Waals surface area contributed by atoms with E-state index < -0.39 is 17.4 Å². The van der Waals surface area contributed by atoms with Crippen LogP contribution in [0.3, 0.4) is 0 Å². The first-order valence-corrected chi connectivity index (χ1v) is 6.26. The fraction of sp³-hybridized carbons (Fsp3) is 0.750. The zero-order valence-corrected chi connectivity index (χ0v) is 10.3. The summed E-state index contributed by atoms with van der Waals surface area (Å²) < 4.78 is 0. The first-order valence-electron chi connectivity index (χ1n) is 6.26. The molecule has 0 atom stereocenters. The number of imide groups is 2. The maximum Gasteiger partial charge on any atom is 0.331 e. The number of carbonyl (C=O) groups is 3. The van der Waals surface area contributed by atoms with Crippen molar-refractivity contribution in [1.29, 1.82) is 0 Å². The first-order chi connectivity index (χ1) is 8.06. The van der Waals surface area contributed by atoms with Gasteiger partial charge < -0.3 is 0 Å². The van der Waals surface area contributed by atoms with Crippen molar-refractivity contribution in [2.75, 3.05) is 0 Å². The topological polar surface area (TPSA) is 66.5 Å². The van der Waals surface area contributed by atoms with Gasteiger partial charge in [-0.2, -0.15) is 0 Å². The van der Waals surface area contributed by atoms with Crippen molar-refractivity contribution < 1.29 is 14.4 Å². The van der Waals surface area contributed by atoms with Crippen LogP contribution in [0.25, 0.3) is 0 Å². The summed E-state index contributed by atoms with van der Waals surface area (Å²) >= 11 is 0. The van der Waals surface area contributed by atoms with Crippen LogP contribution in [0, 0.1) is 5.41 Å². The Morgan fingerprint density at radius 2 is 1.82 bits per heavy atom. The molecule has 1 heterocycles. The summed E-state index contributed by atoms with van der Waals surface area (Å²) in [6.45, 7) is 3.63. The lowest BCUT2D eigenvalue weighted by atomic mass is 9.77. The Kier molecular flexibility index (Phi) is 2.93. The van der Waals surface area contributed by atoms with Gasteiger partial charge in [0.05, 0.1) is 0 Å². The Bertz CT molecular complexity index is 370. The maximum absolute atomic E-state index is 12.4. The van der Waals surface area contributed by atoms with Gasteiger partial charge in [-0.25, -0.2) is 4.79 Å². The number of carbonyl (C=O) groups excluding carboxylic acids is 3. The average molecular weight is 238 g/mol. The van der Waals surface area contributed by atoms with E-state index in [1.807, 2.05) is 13.8 Å². The molecule has 4 amide bonds.